The minimum absolute atomic E-state index is 0.0385. The van der Waals surface area contributed by atoms with Crippen LogP contribution in [0.5, 0.6) is 0 Å². The number of aromatic carboxylic acids is 1. The molecule has 0 saturated carbocycles. The van der Waals surface area contributed by atoms with Gasteiger partial charge in [-0.25, -0.2) is 18.2 Å². The SMILES string of the molecule is CS(=O)(=O)CCSc1nc2ccc(C(=O)O)cc2o1. The van der Waals surface area contributed by atoms with Gasteiger partial charge in [-0.15, -0.1) is 0 Å². The van der Waals surface area contributed by atoms with Crippen molar-refractivity contribution in [3.63, 3.8) is 0 Å². The Morgan fingerprint density at radius 1 is 1.47 bits per heavy atom. The van der Waals surface area contributed by atoms with E-state index in [1.54, 1.807) is 6.07 Å². The highest BCUT2D eigenvalue weighted by atomic mass is 32.2. The molecule has 1 heterocycles. The molecule has 1 aromatic heterocycles. The molecule has 0 aliphatic carbocycles. The summed E-state index contributed by atoms with van der Waals surface area (Å²) in [7, 11) is -3.01. The number of oxazole rings is 1. The topological polar surface area (TPSA) is 97.5 Å². The number of carboxylic acid groups (broad SMARTS) is 1. The van der Waals surface area contributed by atoms with Gasteiger partial charge in [0.15, 0.2) is 5.58 Å². The predicted molar refractivity (Wildman–Crippen MR) is 71.4 cm³/mol. The van der Waals surface area contributed by atoms with Crippen molar-refractivity contribution in [3.8, 4) is 0 Å². The fourth-order valence-electron chi connectivity index (χ4n) is 1.38. The van der Waals surface area contributed by atoms with E-state index in [0.717, 1.165) is 0 Å². The van der Waals surface area contributed by atoms with Crippen molar-refractivity contribution in [2.24, 2.45) is 0 Å². The Labute approximate surface area is 113 Å². The van der Waals surface area contributed by atoms with E-state index in [9.17, 15) is 13.2 Å². The van der Waals surface area contributed by atoms with Crippen LogP contribution in [-0.4, -0.2) is 42.2 Å². The second-order valence-electron chi connectivity index (χ2n) is 3.95. The average molecular weight is 301 g/mol. The molecule has 0 amide bonds. The van der Waals surface area contributed by atoms with Gasteiger partial charge in [0.1, 0.15) is 15.4 Å². The summed E-state index contributed by atoms with van der Waals surface area (Å²) in [6.45, 7) is 0. The lowest BCUT2D eigenvalue weighted by Gasteiger charge is -1.94. The van der Waals surface area contributed by atoms with Crippen molar-refractivity contribution in [2.75, 3.05) is 17.8 Å². The number of fused-ring (bicyclic) bond motifs is 1. The molecule has 1 N–H and O–H groups in total. The van der Waals surface area contributed by atoms with Crippen molar-refractivity contribution in [3.05, 3.63) is 23.8 Å². The van der Waals surface area contributed by atoms with E-state index in [4.69, 9.17) is 9.52 Å². The minimum Gasteiger partial charge on any atom is -0.478 e. The molecule has 0 unspecified atom stereocenters. The van der Waals surface area contributed by atoms with Gasteiger partial charge in [-0.3, -0.25) is 0 Å². The zero-order chi connectivity index (χ0) is 14.0. The van der Waals surface area contributed by atoms with E-state index in [1.807, 2.05) is 0 Å². The Morgan fingerprint density at radius 2 is 2.21 bits per heavy atom. The van der Waals surface area contributed by atoms with Crippen molar-refractivity contribution < 1.29 is 22.7 Å². The first-order chi connectivity index (χ1) is 8.85. The van der Waals surface area contributed by atoms with Crippen LogP contribution in [0.25, 0.3) is 11.1 Å². The van der Waals surface area contributed by atoms with Gasteiger partial charge in [0.2, 0.25) is 0 Å². The summed E-state index contributed by atoms with van der Waals surface area (Å²) in [6, 6.07) is 4.40. The second-order valence-corrected chi connectivity index (χ2v) is 7.25. The Bertz CT molecular complexity index is 720. The lowest BCUT2D eigenvalue weighted by Crippen LogP contribution is -2.04. The van der Waals surface area contributed by atoms with Gasteiger partial charge >= 0.3 is 5.97 Å². The van der Waals surface area contributed by atoms with Crippen molar-refractivity contribution in [1.29, 1.82) is 0 Å². The van der Waals surface area contributed by atoms with Gasteiger partial charge < -0.3 is 9.52 Å². The average Bonchev–Trinajstić information content (AvgIpc) is 2.68. The number of carboxylic acids is 1. The van der Waals surface area contributed by atoms with Gasteiger partial charge in [0.25, 0.3) is 5.22 Å². The number of hydrogen-bond donors (Lipinski definition) is 1. The maximum absolute atomic E-state index is 11.0. The molecule has 0 aliphatic heterocycles. The first kappa shape index (κ1) is 13.9. The van der Waals surface area contributed by atoms with Crippen molar-refractivity contribution >= 4 is 38.7 Å². The van der Waals surface area contributed by atoms with E-state index in [-0.39, 0.29) is 11.3 Å². The number of nitrogens with zero attached hydrogens (tertiary/aromatic N) is 1. The zero-order valence-corrected chi connectivity index (χ0v) is 11.6. The quantitative estimate of drug-likeness (QED) is 0.839. The summed E-state index contributed by atoms with van der Waals surface area (Å²) < 4.78 is 27.3. The van der Waals surface area contributed by atoms with E-state index in [1.165, 1.54) is 30.2 Å². The van der Waals surface area contributed by atoms with Crippen LogP contribution in [0, 0.1) is 0 Å². The number of aromatic nitrogens is 1. The van der Waals surface area contributed by atoms with Crippen LogP contribution in [0.1, 0.15) is 10.4 Å². The number of sulfone groups is 1. The number of rotatable bonds is 5. The van der Waals surface area contributed by atoms with Gasteiger partial charge in [0.05, 0.1) is 11.3 Å². The number of benzene rings is 1. The van der Waals surface area contributed by atoms with E-state index in [0.29, 0.717) is 22.1 Å². The summed E-state index contributed by atoms with van der Waals surface area (Å²) in [5.41, 5.74) is 1.05. The molecule has 6 nitrogen and oxygen atoms in total. The Morgan fingerprint density at radius 3 is 2.84 bits per heavy atom. The van der Waals surface area contributed by atoms with E-state index >= 15 is 0 Å². The molecule has 0 aliphatic rings. The van der Waals surface area contributed by atoms with Gasteiger partial charge in [-0.05, 0) is 18.2 Å². The molecule has 0 atom stereocenters. The van der Waals surface area contributed by atoms with E-state index < -0.39 is 15.8 Å². The largest absolute Gasteiger partial charge is 0.478 e. The highest BCUT2D eigenvalue weighted by Crippen LogP contribution is 2.24. The molecule has 0 bridgehead atoms. The maximum atomic E-state index is 11.0. The van der Waals surface area contributed by atoms with Crippen LogP contribution in [0.3, 0.4) is 0 Å². The molecule has 102 valence electrons. The summed E-state index contributed by atoms with van der Waals surface area (Å²) in [5, 5.41) is 9.18. The third-order valence-electron chi connectivity index (χ3n) is 2.30. The molecular formula is C11H11NO5S2. The molecule has 2 rings (SSSR count). The normalized spacial score (nSPS) is 11.8. The molecule has 0 spiro atoms. The highest BCUT2D eigenvalue weighted by molar-refractivity contribution is 8.00. The summed E-state index contributed by atoms with van der Waals surface area (Å²) in [4.78, 5) is 14.9. The summed E-state index contributed by atoms with van der Waals surface area (Å²) in [6.07, 6.45) is 1.17. The Kier molecular flexibility index (Phi) is 3.81. The van der Waals surface area contributed by atoms with Crippen molar-refractivity contribution in [1.82, 2.24) is 4.98 Å². The number of carbonyl (C=O) groups is 1. The van der Waals surface area contributed by atoms with Crippen molar-refractivity contribution in [2.45, 2.75) is 5.22 Å². The molecule has 8 heteroatoms. The van der Waals surface area contributed by atoms with Crippen LogP contribution >= 0.6 is 11.8 Å². The smallest absolute Gasteiger partial charge is 0.335 e. The van der Waals surface area contributed by atoms with Crippen LogP contribution in [0.15, 0.2) is 27.8 Å². The predicted octanol–water partition coefficient (Wildman–Crippen LogP) is 1.66. The minimum atomic E-state index is -3.01. The maximum Gasteiger partial charge on any atom is 0.335 e. The monoisotopic (exact) mass is 301 g/mol. The third-order valence-corrected chi connectivity index (χ3v) is 4.33. The zero-order valence-electron chi connectivity index (χ0n) is 9.99. The fourth-order valence-corrected chi connectivity index (χ4v) is 3.41. The molecule has 0 radical (unpaired) electrons. The lowest BCUT2D eigenvalue weighted by molar-refractivity contribution is 0.0697. The highest BCUT2D eigenvalue weighted by Gasteiger charge is 2.11. The van der Waals surface area contributed by atoms with Crippen LogP contribution < -0.4 is 0 Å². The molecule has 0 saturated heterocycles. The summed E-state index contributed by atoms with van der Waals surface area (Å²) >= 11 is 1.18. The van der Waals surface area contributed by atoms with Crippen LogP contribution in [0.4, 0.5) is 0 Å². The summed E-state index contributed by atoms with van der Waals surface area (Å²) in [5.74, 6) is -0.654. The van der Waals surface area contributed by atoms with E-state index in [2.05, 4.69) is 4.98 Å². The lowest BCUT2D eigenvalue weighted by atomic mass is 10.2. The number of thioether (sulfide) groups is 1. The van der Waals surface area contributed by atoms with Gasteiger partial charge in [-0.2, -0.15) is 0 Å². The fraction of sp³-hybridized carbons (Fsp3) is 0.273. The molecule has 2 aromatic rings. The number of hydrogen-bond acceptors (Lipinski definition) is 6. The van der Waals surface area contributed by atoms with Gasteiger partial charge in [0, 0.05) is 12.0 Å². The van der Waals surface area contributed by atoms with Crippen LogP contribution in [0.2, 0.25) is 0 Å². The van der Waals surface area contributed by atoms with Crippen LogP contribution in [-0.2, 0) is 9.84 Å². The first-order valence-corrected chi connectivity index (χ1v) is 8.34. The molecular weight excluding hydrogens is 290 g/mol. The Balaban J connectivity index is 2.15. The second kappa shape index (κ2) is 5.22. The Hall–Kier alpha value is -1.54. The van der Waals surface area contributed by atoms with Gasteiger partial charge in [-0.1, -0.05) is 11.8 Å². The standard InChI is InChI=1S/C11H11NO5S2/c1-19(15,16)5-4-18-11-12-8-3-2-7(10(13)14)6-9(8)17-11/h2-3,6H,4-5H2,1H3,(H,13,14). The third kappa shape index (κ3) is 3.71. The molecule has 19 heavy (non-hydrogen) atoms. The molecule has 0 fully saturated rings. The molecule has 1 aromatic carbocycles. The first-order valence-electron chi connectivity index (χ1n) is 5.29.